The van der Waals surface area contributed by atoms with Gasteiger partial charge in [-0.1, -0.05) is 348 Å². The highest BCUT2D eigenvalue weighted by atomic mass is 31.2. The van der Waals surface area contributed by atoms with Gasteiger partial charge in [-0.15, -0.1) is 0 Å². The summed E-state index contributed by atoms with van der Waals surface area (Å²) in [7, 11) is -2.62. The molecular weight excluding hydrogens is 848 g/mol. The zero-order chi connectivity index (χ0) is 49.9. The maximum Gasteiger partial charge on any atom is 0.324 e. The van der Waals surface area contributed by atoms with Crippen LogP contribution in [0.3, 0.4) is 0 Å². The third kappa shape index (κ3) is 92.9. The van der Waals surface area contributed by atoms with E-state index < -0.39 is 8.60 Å². The Hall–Kier alpha value is 0.190. The van der Waals surface area contributed by atoms with Gasteiger partial charge >= 0.3 is 8.60 Å². The Morgan fingerprint density at radius 2 is 0.239 bits per heavy atom. The van der Waals surface area contributed by atoms with Gasteiger partial charge in [0, 0.05) is 19.8 Å². The number of unbranched alkanes of at least 4 members (excludes halogenated alkanes) is 51. The van der Waals surface area contributed by atoms with Crippen LogP contribution >= 0.6 is 8.60 Å². The Morgan fingerprint density at radius 3 is 0.313 bits per heavy atom. The van der Waals surface area contributed by atoms with Crippen LogP contribution in [0.1, 0.15) is 367 Å². The summed E-state index contributed by atoms with van der Waals surface area (Å²) in [5.74, 6) is 0. The second kappa shape index (κ2) is 77.6. The molecule has 0 amide bonds. The van der Waals surface area contributed by atoms with Crippen molar-refractivity contribution in [2.75, 3.05) is 19.8 Å². The minimum Gasteiger partial charge on any atom is -0.396 e. The standard InChI is InChI=1S/3C20H42O.H3O3P/c3*1-2-3-4-5-6-7-8-9-10-11-12-13-14-15-16-17-18-19-20-21;1-4(2)3/h3*21H,2-20H2,1H3;1-3H. The van der Waals surface area contributed by atoms with Gasteiger partial charge in [0.2, 0.25) is 0 Å². The number of aliphatic hydroxyl groups is 3. The highest BCUT2D eigenvalue weighted by Gasteiger charge is 1.98. The summed E-state index contributed by atoms with van der Waals surface area (Å²) in [6.07, 6.45) is 75.4. The van der Waals surface area contributed by atoms with Crippen molar-refractivity contribution >= 4 is 8.60 Å². The quantitative estimate of drug-likeness (QED) is 0.0267. The van der Waals surface area contributed by atoms with Crippen molar-refractivity contribution in [1.82, 2.24) is 0 Å². The average Bonchev–Trinajstić information content (AvgIpc) is 3.32. The number of aliphatic hydroxyl groups excluding tert-OH is 3. The third-order valence-electron chi connectivity index (χ3n) is 13.5. The highest BCUT2D eigenvalue weighted by Crippen LogP contribution is 2.18. The van der Waals surface area contributed by atoms with Gasteiger partial charge in [-0.25, -0.2) is 0 Å². The molecule has 0 aromatic carbocycles. The lowest BCUT2D eigenvalue weighted by Crippen LogP contribution is -1.85. The van der Waals surface area contributed by atoms with Crippen LogP contribution in [0.5, 0.6) is 0 Å². The van der Waals surface area contributed by atoms with E-state index in [2.05, 4.69) is 20.8 Å². The molecule has 0 radical (unpaired) electrons. The van der Waals surface area contributed by atoms with E-state index in [1.54, 1.807) is 0 Å². The summed E-state index contributed by atoms with van der Waals surface area (Å²) in [5, 5.41) is 26.1. The molecule has 7 heteroatoms. The van der Waals surface area contributed by atoms with Crippen LogP contribution in [0, 0.1) is 0 Å². The fourth-order valence-corrected chi connectivity index (χ4v) is 9.04. The maximum absolute atomic E-state index is 8.69. The molecule has 0 aliphatic rings. The Bertz CT molecular complexity index is 596. The van der Waals surface area contributed by atoms with Crippen molar-refractivity contribution in [2.24, 2.45) is 0 Å². The fourth-order valence-electron chi connectivity index (χ4n) is 9.04. The normalized spacial score (nSPS) is 11.0. The SMILES string of the molecule is CCCCCCCCCCCCCCCCCCCCO.CCCCCCCCCCCCCCCCCCCCO.CCCCCCCCCCCCCCCCCCCCO.OP(O)O. The summed E-state index contributed by atoms with van der Waals surface area (Å²) in [6.45, 7) is 7.99. The molecule has 0 fully saturated rings. The predicted molar refractivity (Wildman–Crippen MR) is 301 cm³/mol. The van der Waals surface area contributed by atoms with Gasteiger partial charge in [0.15, 0.2) is 0 Å². The molecule has 0 rings (SSSR count). The number of rotatable bonds is 54. The molecule has 0 saturated carbocycles. The lowest BCUT2D eigenvalue weighted by molar-refractivity contribution is 0.282. The Kier molecular flexibility index (Phi) is 85.4. The van der Waals surface area contributed by atoms with Crippen LogP contribution in [-0.4, -0.2) is 49.8 Å². The second-order valence-corrected chi connectivity index (χ2v) is 21.0. The zero-order valence-corrected chi connectivity index (χ0v) is 47.3. The van der Waals surface area contributed by atoms with Crippen molar-refractivity contribution in [3.8, 4) is 0 Å². The smallest absolute Gasteiger partial charge is 0.324 e. The summed E-state index contributed by atoms with van der Waals surface area (Å²) < 4.78 is 0. The average molecular weight is 978 g/mol. The van der Waals surface area contributed by atoms with Gasteiger partial charge in [0.05, 0.1) is 0 Å². The topological polar surface area (TPSA) is 121 Å². The molecule has 0 aliphatic carbocycles. The lowest BCUT2D eigenvalue weighted by atomic mass is 10.0. The van der Waals surface area contributed by atoms with Crippen molar-refractivity contribution in [2.45, 2.75) is 367 Å². The first-order chi connectivity index (χ1) is 33.0. The van der Waals surface area contributed by atoms with Gasteiger partial charge in [-0.2, -0.15) is 0 Å². The van der Waals surface area contributed by atoms with E-state index in [0.29, 0.717) is 19.8 Å². The van der Waals surface area contributed by atoms with E-state index in [0.717, 1.165) is 19.3 Å². The van der Waals surface area contributed by atoms with Crippen LogP contribution < -0.4 is 0 Å². The molecule has 67 heavy (non-hydrogen) atoms. The van der Waals surface area contributed by atoms with Gasteiger partial charge in [0.1, 0.15) is 0 Å². The second-order valence-electron chi connectivity index (χ2n) is 20.5. The van der Waals surface area contributed by atoms with Crippen LogP contribution in [-0.2, 0) is 0 Å². The van der Waals surface area contributed by atoms with E-state index in [-0.39, 0.29) is 0 Å². The molecule has 0 aliphatic heterocycles. The largest absolute Gasteiger partial charge is 0.396 e. The van der Waals surface area contributed by atoms with Gasteiger partial charge in [-0.05, 0) is 19.3 Å². The number of hydrogen-bond acceptors (Lipinski definition) is 6. The Balaban J connectivity index is -0.000000426. The molecule has 0 spiro atoms. The first kappa shape index (κ1) is 73.7. The van der Waals surface area contributed by atoms with Crippen molar-refractivity contribution in [1.29, 1.82) is 0 Å². The zero-order valence-electron chi connectivity index (χ0n) is 46.4. The van der Waals surface area contributed by atoms with Crippen LogP contribution in [0.25, 0.3) is 0 Å². The summed E-state index contributed by atoms with van der Waals surface area (Å²) in [6, 6.07) is 0. The van der Waals surface area contributed by atoms with E-state index in [9.17, 15) is 0 Å². The van der Waals surface area contributed by atoms with E-state index in [1.165, 1.54) is 327 Å². The molecule has 6 nitrogen and oxygen atoms in total. The minimum atomic E-state index is -2.62. The van der Waals surface area contributed by atoms with Gasteiger partial charge < -0.3 is 30.0 Å². The minimum absolute atomic E-state index is 0.374. The first-order valence-corrected chi connectivity index (χ1v) is 31.9. The van der Waals surface area contributed by atoms with E-state index in [4.69, 9.17) is 30.0 Å². The highest BCUT2D eigenvalue weighted by molar-refractivity contribution is 7.38. The molecule has 0 saturated heterocycles. The predicted octanol–water partition coefficient (Wildman–Crippen LogP) is 20.3. The third-order valence-corrected chi connectivity index (χ3v) is 13.5. The van der Waals surface area contributed by atoms with Crippen LogP contribution in [0.15, 0.2) is 0 Å². The molecule has 410 valence electrons. The summed E-state index contributed by atoms with van der Waals surface area (Å²) >= 11 is 0. The molecule has 0 heterocycles. The van der Waals surface area contributed by atoms with Crippen LogP contribution in [0.4, 0.5) is 0 Å². The van der Waals surface area contributed by atoms with Crippen molar-refractivity contribution in [3.63, 3.8) is 0 Å². The van der Waals surface area contributed by atoms with Crippen LogP contribution in [0.2, 0.25) is 0 Å². The number of hydrogen-bond donors (Lipinski definition) is 6. The van der Waals surface area contributed by atoms with Gasteiger partial charge in [0.25, 0.3) is 0 Å². The molecule has 0 aromatic rings. The van der Waals surface area contributed by atoms with Gasteiger partial charge in [-0.3, -0.25) is 0 Å². The Labute approximate surface area is 424 Å². The first-order valence-electron chi connectivity index (χ1n) is 30.7. The molecule has 0 aromatic heterocycles. The molecule has 0 bridgehead atoms. The summed E-state index contributed by atoms with van der Waals surface area (Å²) in [4.78, 5) is 21.7. The fraction of sp³-hybridized carbons (Fsp3) is 1.00. The maximum atomic E-state index is 8.69. The molecular formula is C60H129O6P. The van der Waals surface area contributed by atoms with E-state index >= 15 is 0 Å². The Morgan fingerprint density at radius 1 is 0.164 bits per heavy atom. The lowest BCUT2D eigenvalue weighted by Gasteiger charge is -2.03. The monoisotopic (exact) mass is 977 g/mol. The molecule has 0 atom stereocenters. The van der Waals surface area contributed by atoms with Crippen molar-refractivity contribution in [3.05, 3.63) is 0 Å². The molecule has 6 N–H and O–H groups in total. The molecule has 0 unspecified atom stereocenters. The summed E-state index contributed by atoms with van der Waals surface area (Å²) in [5.41, 5.74) is 0. The van der Waals surface area contributed by atoms with Crippen molar-refractivity contribution < 1.29 is 30.0 Å². The van der Waals surface area contributed by atoms with E-state index in [1.807, 2.05) is 0 Å².